The second-order valence-electron chi connectivity index (χ2n) is 4.36. The quantitative estimate of drug-likeness (QED) is 0.638. The zero-order chi connectivity index (χ0) is 10.6. The van der Waals surface area contributed by atoms with Gasteiger partial charge in [-0.3, -0.25) is 0 Å². The Morgan fingerprint density at radius 3 is 2.13 bits per heavy atom. The molecule has 0 aromatic heterocycles. The third kappa shape index (κ3) is 6.20. The Morgan fingerprint density at radius 1 is 1.13 bits per heavy atom. The van der Waals surface area contributed by atoms with E-state index in [4.69, 9.17) is 9.84 Å². The summed E-state index contributed by atoms with van der Waals surface area (Å²) in [6.07, 6.45) is 0. The molecule has 0 spiro atoms. The maximum Gasteiger partial charge on any atom is 0.137 e. The van der Waals surface area contributed by atoms with Gasteiger partial charge in [0.1, 0.15) is 24.7 Å². The summed E-state index contributed by atoms with van der Waals surface area (Å²) in [6.45, 7) is 1.65. The Kier molecular flexibility index (Phi) is 5.47. The van der Waals surface area contributed by atoms with Crippen LogP contribution in [0.5, 0.6) is 11.5 Å². The van der Waals surface area contributed by atoms with Crippen LogP contribution in [0.3, 0.4) is 0 Å². The van der Waals surface area contributed by atoms with E-state index in [0.29, 0.717) is 6.61 Å². The highest BCUT2D eigenvalue weighted by atomic mass is 35.5. The van der Waals surface area contributed by atoms with Crippen LogP contribution in [0.15, 0.2) is 24.3 Å². The molecule has 0 aliphatic carbocycles. The predicted molar refractivity (Wildman–Crippen MR) is 56.5 cm³/mol. The van der Waals surface area contributed by atoms with E-state index in [1.807, 2.05) is 0 Å². The number of aromatic hydroxyl groups is 1. The van der Waals surface area contributed by atoms with E-state index >= 15 is 0 Å². The molecule has 0 aliphatic rings. The zero-order valence-electron chi connectivity index (χ0n) is 9.40. The van der Waals surface area contributed by atoms with Gasteiger partial charge in [-0.2, -0.15) is 0 Å². The van der Waals surface area contributed by atoms with Gasteiger partial charge in [0.15, 0.2) is 0 Å². The predicted octanol–water partition coefficient (Wildman–Crippen LogP) is -1.52. The van der Waals surface area contributed by atoms with Crippen molar-refractivity contribution in [1.82, 2.24) is 0 Å². The first-order valence-electron chi connectivity index (χ1n) is 4.70. The summed E-state index contributed by atoms with van der Waals surface area (Å²) >= 11 is 0. The summed E-state index contributed by atoms with van der Waals surface area (Å²) < 4.78 is 6.40. The van der Waals surface area contributed by atoms with E-state index in [1.54, 1.807) is 24.3 Å². The molecule has 0 fully saturated rings. The smallest absolute Gasteiger partial charge is 0.137 e. The van der Waals surface area contributed by atoms with Crippen LogP contribution in [0.25, 0.3) is 0 Å². The van der Waals surface area contributed by atoms with Gasteiger partial charge < -0.3 is 26.7 Å². The summed E-state index contributed by atoms with van der Waals surface area (Å²) in [4.78, 5) is 0. The molecule has 86 valence electrons. The molecule has 0 heterocycles. The van der Waals surface area contributed by atoms with Crippen molar-refractivity contribution >= 4 is 0 Å². The Hall–Kier alpha value is -0.930. The molecular formula is C11H18ClNO2. The Balaban J connectivity index is 0.00000196. The molecule has 0 amide bonds. The van der Waals surface area contributed by atoms with Crippen molar-refractivity contribution < 1.29 is 26.7 Å². The lowest BCUT2D eigenvalue weighted by Gasteiger charge is -2.23. The van der Waals surface area contributed by atoms with Crippen LogP contribution < -0.4 is 17.1 Å². The van der Waals surface area contributed by atoms with E-state index < -0.39 is 0 Å². The number of nitrogens with zero attached hydrogens (tertiary/aromatic N) is 1. The molecule has 0 bridgehead atoms. The molecule has 15 heavy (non-hydrogen) atoms. The Morgan fingerprint density at radius 2 is 1.67 bits per heavy atom. The molecule has 0 aliphatic heterocycles. The molecule has 4 heteroatoms. The number of phenols is 1. The first-order chi connectivity index (χ1) is 6.47. The van der Waals surface area contributed by atoms with E-state index in [1.165, 1.54) is 0 Å². The van der Waals surface area contributed by atoms with Gasteiger partial charge in [-0.1, -0.05) is 0 Å². The fraction of sp³-hybridized carbons (Fsp3) is 0.455. The summed E-state index contributed by atoms with van der Waals surface area (Å²) in [5.41, 5.74) is 0. The van der Waals surface area contributed by atoms with Crippen LogP contribution in [-0.2, 0) is 0 Å². The number of benzene rings is 1. The third-order valence-electron chi connectivity index (χ3n) is 1.87. The molecule has 0 saturated heterocycles. The summed E-state index contributed by atoms with van der Waals surface area (Å²) in [7, 11) is 6.38. The average Bonchev–Trinajstić information content (AvgIpc) is 2.06. The average molecular weight is 232 g/mol. The molecule has 3 nitrogen and oxygen atoms in total. The molecular weight excluding hydrogens is 214 g/mol. The van der Waals surface area contributed by atoms with Gasteiger partial charge in [0, 0.05) is 0 Å². The van der Waals surface area contributed by atoms with Gasteiger partial charge in [0.25, 0.3) is 0 Å². The highest BCUT2D eigenvalue weighted by Gasteiger charge is 2.06. The van der Waals surface area contributed by atoms with Crippen molar-refractivity contribution in [3.8, 4) is 11.5 Å². The van der Waals surface area contributed by atoms with Crippen LogP contribution in [0.4, 0.5) is 0 Å². The number of hydrogen-bond donors (Lipinski definition) is 1. The second kappa shape index (κ2) is 5.83. The highest BCUT2D eigenvalue weighted by molar-refractivity contribution is 5.29. The minimum absolute atomic E-state index is 0. The van der Waals surface area contributed by atoms with E-state index in [0.717, 1.165) is 16.8 Å². The van der Waals surface area contributed by atoms with Crippen molar-refractivity contribution in [2.75, 3.05) is 34.3 Å². The van der Waals surface area contributed by atoms with Crippen molar-refractivity contribution in [3.63, 3.8) is 0 Å². The summed E-state index contributed by atoms with van der Waals surface area (Å²) in [6, 6.07) is 6.79. The molecule has 0 saturated carbocycles. The summed E-state index contributed by atoms with van der Waals surface area (Å²) in [5.74, 6) is 1.07. The molecule has 0 atom stereocenters. The summed E-state index contributed by atoms with van der Waals surface area (Å²) in [5, 5.41) is 9.05. The maximum absolute atomic E-state index is 9.05. The number of rotatable bonds is 4. The lowest BCUT2D eigenvalue weighted by Crippen LogP contribution is -3.00. The Bertz CT molecular complexity index is 280. The number of hydrogen-bond acceptors (Lipinski definition) is 2. The number of quaternary nitrogens is 1. The van der Waals surface area contributed by atoms with Gasteiger partial charge in [-0.15, -0.1) is 0 Å². The van der Waals surface area contributed by atoms with Gasteiger partial charge >= 0.3 is 0 Å². The van der Waals surface area contributed by atoms with Crippen LogP contribution >= 0.6 is 0 Å². The standard InChI is InChI=1S/C11H17NO2.ClH/c1-12(2,3)8-9-14-11-6-4-10(13)5-7-11;/h4-7H,8-9H2,1-3H3;1H. The fourth-order valence-electron chi connectivity index (χ4n) is 0.980. The SMILES string of the molecule is C[N+](C)(C)CCOc1ccc(O)cc1.[Cl-]. The normalized spacial score (nSPS) is 10.6. The number of ether oxygens (including phenoxy) is 1. The lowest BCUT2D eigenvalue weighted by molar-refractivity contribution is -0.870. The first-order valence-corrected chi connectivity index (χ1v) is 4.70. The van der Waals surface area contributed by atoms with Crippen LogP contribution in [0.1, 0.15) is 0 Å². The highest BCUT2D eigenvalue weighted by Crippen LogP contribution is 2.15. The van der Waals surface area contributed by atoms with Gasteiger partial charge in [0.05, 0.1) is 21.1 Å². The number of halogens is 1. The Labute approximate surface area is 97.3 Å². The lowest BCUT2D eigenvalue weighted by atomic mass is 10.3. The second-order valence-corrected chi connectivity index (χ2v) is 4.36. The van der Waals surface area contributed by atoms with Crippen molar-refractivity contribution in [2.24, 2.45) is 0 Å². The minimum atomic E-state index is 0. The largest absolute Gasteiger partial charge is 1.00 e. The van der Waals surface area contributed by atoms with Crippen LogP contribution in [-0.4, -0.2) is 43.9 Å². The molecule has 0 unspecified atom stereocenters. The molecule has 1 aromatic carbocycles. The van der Waals surface area contributed by atoms with E-state index in [-0.39, 0.29) is 18.2 Å². The number of likely N-dealkylation sites (N-methyl/N-ethyl adjacent to an activating group) is 1. The minimum Gasteiger partial charge on any atom is -1.00 e. The molecule has 1 aromatic rings. The molecule has 1 rings (SSSR count). The van der Waals surface area contributed by atoms with Gasteiger partial charge in [0.2, 0.25) is 0 Å². The van der Waals surface area contributed by atoms with Gasteiger partial charge in [-0.25, -0.2) is 0 Å². The van der Waals surface area contributed by atoms with Crippen LogP contribution in [0.2, 0.25) is 0 Å². The molecule has 0 radical (unpaired) electrons. The van der Waals surface area contributed by atoms with Gasteiger partial charge in [-0.05, 0) is 24.3 Å². The monoisotopic (exact) mass is 231 g/mol. The third-order valence-corrected chi connectivity index (χ3v) is 1.87. The topological polar surface area (TPSA) is 29.5 Å². The zero-order valence-corrected chi connectivity index (χ0v) is 10.2. The van der Waals surface area contributed by atoms with Crippen molar-refractivity contribution in [1.29, 1.82) is 0 Å². The maximum atomic E-state index is 9.05. The first kappa shape index (κ1) is 14.1. The van der Waals surface area contributed by atoms with Crippen molar-refractivity contribution in [2.45, 2.75) is 0 Å². The van der Waals surface area contributed by atoms with E-state index in [9.17, 15) is 0 Å². The molecule has 1 N–H and O–H groups in total. The van der Waals surface area contributed by atoms with Crippen LogP contribution in [0, 0.1) is 0 Å². The fourth-order valence-corrected chi connectivity index (χ4v) is 0.980. The number of phenolic OH excluding ortho intramolecular Hbond substituents is 1. The van der Waals surface area contributed by atoms with E-state index in [2.05, 4.69) is 21.1 Å². The van der Waals surface area contributed by atoms with Crippen molar-refractivity contribution in [3.05, 3.63) is 24.3 Å².